The number of hydrogen-bond acceptors (Lipinski definition) is 10. The van der Waals surface area contributed by atoms with E-state index < -0.39 is 0 Å². The third-order valence-electron chi connectivity index (χ3n) is 4.47. The summed E-state index contributed by atoms with van der Waals surface area (Å²) in [5.41, 5.74) is 1.16. The lowest BCUT2D eigenvalue weighted by Gasteiger charge is -2.08. The Hall–Kier alpha value is -1.63. The summed E-state index contributed by atoms with van der Waals surface area (Å²) in [5.74, 6) is -0.246. The Kier molecular flexibility index (Phi) is 23.8. The lowest BCUT2D eigenvalue weighted by atomic mass is 10.2. The van der Waals surface area contributed by atoms with Crippen LogP contribution in [0.25, 0.3) is 0 Å². The van der Waals surface area contributed by atoms with Crippen molar-refractivity contribution >= 4 is 5.97 Å². The van der Waals surface area contributed by atoms with Gasteiger partial charge in [0.25, 0.3) is 0 Å². The van der Waals surface area contributed by atoms with Gasteiger partial charge in [-0.3, -0.25) is 4.79 Å². The van der Waals surface area contributed by atoms with Gasteiger partial charge in [-0.1, -0.05) is 30.3 Å². The van der Waals surface area contributed by atoms with E-state index in [9.17, 15) is 4.79 Å². The number of esters is 1. The summed E-state index contributed by atoms with van der Waals surface area (Å²) in [5, 5.41) is 0. The highest BCUT2D eigenvalue weighted by Gasteiger charge is 2.00. The highest BCUT2D eigenvalue weighted by molar-refractivity contribution is 5.69. The molecule has 10 heteroatoms. The van der Waals surface area contributed by atoms with Gasteiger partial charge in [-0.05, 0) is 12.5 Å². The Bertz CT molecular complexity index is 587. The first-order chi connectivity index (χ1) is 17.8. The smallest absolute Gasteiger partial charge is 0.308 e. The largest absolute Gasteiger partial charge is 0.466 e. The van der Waals surface area contributed by atoms with Crippen molar-refractivity contribution in [3.8, 4) is 0 Å². The van der Waals surface area contributed by atoms with Crippen molar-refractivity contribution in [2.45, 2.75) is 20.0 Å². The summed E-state index contributed by atoms with van der Waals surface area (Å²) in [6, 6.07) is 10.1. The van der Waals surface area contributed by atoms with E-state index in [4.69, 9.17) is 42.6 Å². The molecule has 1 aromatic rings. The second kappa shape index (κ2) is 26.4. The number of benzene rings is 1. The van der Waals surface area contributed by atoms with E-state index in [-0.39, 0.29) is 12.4 Å². The fourth-order valence-electron chi connectivity index (χ4n) is 2.69. The molecule has 1 aromatic carbocycles. The summed E-state index contributed by atoms with van der Waals surface area (Å²) in [7, 11) is 0. The van der Waals surface area contributed by atoms with Crippen molar-refractivity contribution < 1.29 is 47.4 Å². The molecule has 0 heterocycles. The SMILES string of the molecule is CCOC(=O)CCOCCOCCOCCOCCOCCOCCOCCOCc1ccccc1. The molecule has 0 radical (unpaired) electrons. The van der Waals surface area contributed by atoms with Crippen LogP contribution in [0.2, 0.25) is 0 Å². The number of rotatable bonds is 27. The molecule has 0 saturated carbocycles. The maximum Gasteiger partial charge on any atom is 0.308 e. The van der Waals surface area contributed by atoms with Gasteiger partial charge in [0, 0.05) is 0 Å². The third-order valence-corrected chi connectivity index (χ3v) is 4.47. The van der Waals surface area contributed by atoms with Gasteiger partial charge in [0.05, 0.1) is 119 Å². The van der Waals surface area contributed by atoms with Crippen molar-refractivity contribution in [3.05, 3.63) is 35.9 Å². The van der Waals surface area contributed by atoms with Gasteiger partial charge in [-0.25, -0.2) is 0 Å². The lowest BCUT2D eigenvalue weighted by Crippen LogP contribution is -2.15. The van der Waals surface area contributed by atoms with Crippen LogP contribution in [0, 0.1) is 0 Å². The quantitative estimate of drug-likeness (QED) is 0.128. The summed E-state index contributed by atoms with van der Waals surface area (Å²) < 4.78 is 48.3. The average molecular weight is 517 g/mol. The number of carbonyl (C=O) groups excluding carboxylic acids is 1. The second-order valence-electron chi connectivity index (χ2n) is 7.38. The molecular weight excluding hydrogens is 472 g/mol. The van der Waals surface area contributed by atoms with Gasteiger partial charge in [0.1, 0.15) is 0 Å². The van der Waals surface area contributed by atoms with Crippen LogP contribution in [-0.2, 0) is 54.0 Å². The zero-order chi connectivity index (χ0) is 25.8. The van der Waals surface area contributed by atoms with Crippen LogP contribution in [0.4, 0.5) is 0 Å². The van der Waals surface area contributed by atoms with Crippen molar-refractivity contribution in [3.63, 3.8) is 0 Å². The fraction of sp³-hybridized carbons (Fsp3) is 0.731. The zero-order valence-electron chi connectivity index (χ0n) is 21.7. The molecule has 0 N–H and O–H groups in total. The molecule has 0 aliphatic carbocycles. The maximum absolute atomic E-state index is 11.1. The van der Waals surface area contributed by atoms with E-state index in [1.807, 2.05) is 30.3 Å². The van der Waals surface area contributed by atoms with Crippen LogP contribution < -0.4 is 0 Å². The minimum absolute atomic E-state index is 0.246. The van der Waals surface area contributed by atoms with E-state index in [1.165, 1.54) is 0 Å². The summed E-state index contributed by atoms with van der Waals surface area (Å²) in [4.78, 5) is 11.1. The van der Waals surface area contributed by atoms with E-state index in [2.05, 4.69) is 0 Å². The molecule has 0 aliphatic rings. The van der Waals surface area contributed by atoms with Crippen LogP contribution in [0.15, 0.2) is 30.3 Å². The Morgan fingerprint density at radius 1 is 0.528 bits per heavy atom. The summed E-state index contributed by atoms with van der Waals surface area (Å²) >= 11 is 0. The van der Waals surface area contributed by atoms with E-state index >= 15 is 0 Å². The highest BCUT2D eigenvalue weighted by atomic mass is 16.6. The average Bonchev–Trinajstić information content (AvgIpc) is 2.89. The Balaban J connectivity index is 1.65. The van der Waals surface area contributed by atoms with Crippen molar-refractivity contribution in [2.75, 3.05) is 106 Å². The van der Waals surface area contributed by atoms with Crippen molar-refractivity contribution in [1.29, 1.82) is 0 Å². The molecule has 36 heavy (non-hydrogen) atoms. The number of hydrogen-bond donors (Lipinski definition) is 0. The molecule has 0 fully saturated rings. The van der Waals surface area contributed by atoms with Gasteiger partial charge in [0.2, 0.25) is 0 Å². The number of carbonyl (C=O) groups is 1. The Morgan fingerprint density at radius 2 is 0.889 bits per heavy atom. The molecule has 1 rings (SSSR count). The number of ether oxygens (including phenoxy) is 9. The molecule has 0 aromatic heterocycles. The first kappa shape index (κ1) is 32.4. The highest BCUT2D eigenvalue weighted by Crippen LogP contribution is 2.00. The second-order valence-corrected chi connectivity index (χ2v) is 7.38. The molecule has 0 aliphatic heterocycles. The third kappa shape index (κ3) is 22.8. The van der Waals surface area contributed by atoms with Crippen LogP contribution in [-0.4, -0.2) is 112 Å². The predicted octanol–water partition coefficient (Wildman–Crippen LogP) is 2.27. The lowest BCUT2D eigenvalue weighted by molar-refractivity contribution is -0.144. The summed E-state index contributed by atoms with van der Waals surface area (Å²) in [6.45, 7) is 10.2. The zero-order valence-corrected chi connectivity index (χ0v) is 21.7. The maximum atomic E-state index is 11.1. The van der Waals surface area contributed by atoms with E-state index in [1.54, 1.807) is 6.92 Å². The fourth-order valence-corrected chi connectivity index (χ4v) is 2.69. The van der Waals surface area contributed by atoms with E-state index in [0.29, 0.717) is 112 Å². The molecular formula is C26H44O10. The van der Waals surface area contributed by atoms with Crippen LogP contribution in [0.5, 0.6) is 0 Å². The standard InChI is InChI=1S/C26H44O10/c1-2-36-26(27)8-9-28-10-11-29-12-13-30-14-15-31-16-17-32-18-19-33-20-21-34-22-23-35-24-25-6-4-3-5-7-25/h3-7H,2,8-24H2,1H3. The van der Waals surface area contributed by atoms with E-state index in [0.717, 1.165) is 5.56 Å². The molecule has 0 unspecified atom stereocenters. The van der Waals surface area contributed by atoms with Gasteiger partial charge in [-0.2, -0.15) is 0 Å². The van der Waals surface area contributed by atoms with Crippen LogP contribution >= 0.6 is 0 Å². The minimum Gasteiger partial charge on any atom is -0.466 e. The van der Waals surface area contributed by atoms with Crippen LogP contribution in [0.3, 0.4) is 0 Å². The van der Waals surface area contributed by atoms with Crippen molar-refractivity contribution in [1.82, 2.24) is 0 Å². The molecule has 0 spiro atoms. The Morgan fingerprint density at radius 3 is 1.28 bits per heavy atom. The Labute approximate surface area is 215 Å². The normalized spacial score (nSPS) is 11.1. The predicted molar refractivity (Wildman–Crippen MR) is 133 cm³/mol. The molecule has 0 saturated heterocycles. The first-order valence-corrected chi connectivity index (χ1v) is 12.6. The topological polar surface area (TPSA) is 100 Å². The van der Waals surface area contributed by atoms with Gasteiger partial charge in [-0.15, -0.1) is 0 Å². The van der Waals surface area contributed by atoms with Crippen LogP contribution in [0.1, 0.15) is 18.9 Å². The van der Waals surface area contributed by atoms with Gasteiger partial charge < -0.3 is 42.6 Å². The molecule has 208 valence electrons. The molecule has 0 bridgehead atoms. The molecule has 0 atom stereocenters. The van der Waals surface area contributed by atoms with Gasteiger partial charge in [0.15, 0.2) is 0 Å². The minimum atomic E-state index is -0.246. The van der Waals surface area contributed by atoms with Crippen molar-refractivity contribution in [2.24, 2.45) is 0 Å². The monoisotopic (exact) mass is 516 g/mol. The summed E-state index contributed by atoms with van der Waals surface area (Å²) in [6.07, 6.45) is 0.262. The van der Waals surface area contributed by atoms with Gasteiger partial charge >= 0.3 is 5.97 Å². The molecule has 0 amide bonds. The first-order valence-electron chi connectivity index (χ1n) is 12.6. The molecule has 10 nitrogen and oxygen atoms in total.